The van der Waals surface area contributed by atoms with Crippen LogP contribution in [-0.4, -0.2) is 4.98 Å². The van der Waals surface area contributed by atoms with Crippen molar-refractivity contribution < 1.29 is 0 Å². The van der Waals surface area contributed by atoms with Crippen molar-refractivity contribution in [1.82, 2.24) is 4.98 Å². The van der Waals surface area contributed by atoms with Gasteiger partial charge in [-0.25, -0.2) is 0 Å². The summed E-state index contributed by atoms with van der Waals surface area (Å²) in [6.45, 7) is 0. The van der Waals surface area contributed by atoms with Gasteiger partial charge in [0.1, 0.15) is 0 Å². The number of fused-ring (bicyclic) bond motifs is 1. The lowest BCUT2D eigenvalue weighted by Crippen LogP contribution is -1.83. The predicted molar refractivity (Wildman–Crippen MR) is 81.7 cm³/mol. The van der Waals surface area contributed by atoms with E-state index in [1.165, 1.54) is 0 Å². The third kappa shape index (κ3) is 2.43. The SMILES string of the molecule is N#C/C(=C/c1ccc2ncccc2c1)c1ccccc1. The van der Waals surface area contributed by atoms with Crippen LogP contribution in [0.2, 0.25) is 0 Å². The fraction of sp³-hybridized carbons (Fsp3) is 0. The average molecular weight is 256 g/mol. The lowest BCUT2D eigenvalue weighted by molar-refractivity contribution is 1.41. The molecule has 1 aromatic heterocycles. The van der Waals surface area contributed by atoms with E-state index in [-0.39, 0.29) is 0 Å². The van der Waals surface area contributed by atoms with Gasteiger partial charge in [0, 0.05) is 11.6 Å². The molecule has 0 bridgehead atoms. The van der Waals surface area contributed by atoms with Gasteiger partial charge in [0.15, 0.2) is 0 Å². The summed E-state index contributed by atoms with van der Waals surface area (Å²) in [5, 5.41) is 10.4. The van der Waals surface area contributed by atoms with Crippen LogP contribution in [0.4, 0.5) is 0 Å². The van der Waals surface area contributed by atoms with Crippen molar-refractivity contribution >= 4 is 22.6 Å². The number of hydrogen-bond donors (Lipinski definition) is 0. The first-order valence-electron chi connectivity index (χ1n) is 6.39. The minimum atomic E-state index is 0.661. The summed E-state index contributed by atoms with van der Waals surface area (Å²) in [6, 6.07) is 21.9. The fourth-order valence-electron chi connectivity index (χ4n) is 2.15. The van der Waals surface area contributed by atoms with Crippen LogP contribution < -0.4 is 0 Å². The molecule has 0 saturated heterocycles. The van der Waals surface area contributed by atoms with E-state index in [4.69, 9.17) is 0 Å². The van der Waals surface area contributed by atoms with Crippen LogP contribution in [0.3, 0.4) is 0 Å². The highest BCUT2D eigenvalue weighted by atomic mass is 14.6. The zero-order valence-corrected chi connectivity index (χ0v) is 10.8. The topological polar surface area (TPSA) is 36.7 Å². The molecule has 1 heterocycles. The summed E-state index contributed by atoms with van der Waals surface area (Å²) in [5.41, 5.74) is 3.56. The summed E-state index contributed by atoms with van der Waals surface area (Å²) in [4.78, 5) is 4.29. The summed E-state index contributed by atoms with van der Waals surface area (Å²) < 4.78 is 0. The van der Waals surface area contributed by atoms with Gasteiger partial charge in [-0.3, -0.25) is 4.98 Å². The smallest absolute Gasteiger partial charge is 0.0998 e. The Labute approximate surface area is 117 Å². The van der Waals surface area contributed by atoms with Gasteiger partial charge in [-0.15, -0.1) is 0 Å². The molecule has 0 unspecified atom stereocenters. The Morgan fingerprint density at radius 1 is 1.00 bits per heavy atom. The molecule has 0 aliphatic heterocycles. The summed E-state index contributed by atoms with van der Waals surface area (Å²) in [7, 11) is 0. The predicted octanol–water partition coefficient (Wildman–Crippen LogP) is 4.30. The first-order valence-corrected chi connectivity index (χ1v) is 6.39. The summed E-state index contributed by atoms with van der Waals surface area (Å²) >= 11 is 0. The number of hydrogen-bond acceptors (Lipinski definition) is 2. The maximum absolute atomic E-state index is 9.32. The molecule has 0 N–H and O–H groups in total. The molecule has 2 nitrogen and oxygen atoms in total. The van der Waals surface area contributed by atoms with Gasteiger partial charge < -0.3 is 0 Å². The molecule has 2 heteroatoms. The van der Waals surface area contributed by atoms with Crippen molar-refractivity contribution in [3.63, 3.8) is 0 Å². The van der Waals surface area contributed by atoms with Crippen LogP contribution in [-0.2, 0) is 0 Å². The van der Waals surface area contributed by atoms with Gasteiger partial charge in [-0.05, 0) is 35.4 Å². The lowest BCUT2D eigenvalue weighted by atomic mass is 10.0. The van der Waals surface area contributed by atoms with E-state index in [1.54, 1.807) is 6.20 Å². The van der Waals surface area contributed by atoms with Gasteiger partial charge in [0.25, 0.3) is 0 Å². The Hall–Kier alpha value is -2.92. The van der Waals surface area contributed by atoms with Crippen molar-refractivity contribution in [1.29, 1.82) is 5.26 Å². The number of nitrogens with zero attached hydrogens (tertiary/aromatic N) is 2. The van der Waals surface area contributed by atoms with E-state index in [9.17, 15) is 5.26 Å². The first-order chi connectivity index (χ1) is 9.86. The highest BCUT2D eigenvalue weighted by molar-refractivity contribution is 5.91. The van der Waals surface area contributed by atoms with Gasteiger partial charge in [-0.1, -0.05) is 42.5 Å². The Kier molecular flexibility index (Phi) is 3.26. The van der Waals surface area contributed by atoms with Crippen molar-refractivity contribution in [3.8, 4) is 6.07 Å². The Bertz CT molecular complexity index is 811. The molecular formula is C18H12N2. The van der Waals surface area contributed by atoms with Gasteiger partial charge in [0.2, 0.25) is 0 Å². The van der Waals surface area contributed by atoms with Crippen LogP contribution in [0.15, 0.2) is 66.9 Å². The Morgan fingerprint density at radius 3 is 2.65 bits per heavy atom. The van der Waals surface area contributed by atoms with Crippen LogP contribution in [0.5, 0.6) is 0 Å². The van der Waals surface area contributed by atoms with E-state index in [0.29, 0.717) is 5.57 Å². The van der Waals surface area contributed by atoms with E-state index in [0.717, 1.165) is 22.0 Å². The number of allylic oxidation sites excluding steroid dienone is 1. The summed E-state index contributed by atoms with van der Waals surface area (Å²) in [6.07, 6.45) is 3.68. The second-order valence-electron chi connectivity index (χ2n) is 4.49. The van der Waals surface area contributed by atoms with Crippen LogP contribution in [0, 0.1) is 11.3 Å². The minimum absolute atomic E-state index is 0.661. The lowest BCUT2D eigenvalue weighted by Gasteiger charge is -2.01. The Balaban J connectivity index is 2.06. The molecule has 0 atom stereocenters. The van der Waals surface area contributed by atoms with Crippen molar-refractivity contribution in [2.24, 2.45) is 0 Å². The highest BCUT2D eigenvalue weighted by Crippen LogP contribution is 2.20. The molecule has 94 valence electrons. The first kappa shape index (κ1) is 12.1. The van der Waals surface area contributed by atoms with E-state index >= 15 is 0 Å². The van der Waals surface area contributed by atoms with Crippen molar-refractivity contribution in [2.75, 3.05) is 0 Å². The van der Waals surface area contributed by atoms with E-state index in [2.05, 4.69) is 11.1 Å². The molecule has 2 aromatic carbocycles. The molecule has 3 rings (SSSR count). The molecule has 0 amide bonds. The van der Waals surface area contributed by atoms with Gasteiger partial charge in [-0.2, -0.15) is 5.26 Å². The van der Waals surface area contributed by atoms with Gasteiger partial charge >= 0.3 is 0 Å². The Morgan fingerprint density at radius 2 is 1.85 bits per heavy atom. The zero-order valence-electron chi connectivity index (χ0n) is 10.8. The third-order valence-electron chi connectivity index (χ3n) is 3.14. The van der Waals surface area contributed by atoms with Crippen LogP contribution in [0.25, 0.3) is 22.6 Å². The number of aromatic nitrogens is 1. The standard InChI is InChI=1S/C18H12N2/c19-13-17(15-5-2-1-3-6-15)12-14-8-9-18-16(11-14)7-4-10-20-18/h1-12H/b17-12-. The molecule has 0 spiro atoms. The maximum Gasteiger partial charge on any atom is 0.0998 e. The quantitative estimate of drug-likeness (QED) is 0.506. The molecule has 0 aliphatic rings. The zero-order chi connectivity index (χ0) is 13.8. The molecule has 3 aromatic rings. The number of pyridine rings is 1. The molecular weight excluding hydrogens is 244 g/mol. The molecule has 0 fully saturated rings. The van der Waals surface area contributed by atoms with Gasteiger partial charge in [0.05, 0.1) is 17.2 Å². The van der Waals surface area contributed by atoms with Crippen LogP contribution >= 0.6 is 0 Å². The van der Waals surface area contributed by atoms with Crippen molar-refractivity contribution in [3.05, 3.63) is 78.0 Å². The molecule has 0 aliphatic carbocycles. The van der Waals surface area contributed by atoms with E-state index in [1.807, 2.05) is 66.7 Å². The fourth-order valence-corrected chi connectivity index (χ4v) is 2.15. The number of benzene rings is 2. The normalized spacial score (nSPS) is 11.2. The summed E-state index contributed by atoms with van der Waals surface area (Å²) in [5.74, 6) is 0. The molecule has 0 saturated carbocycles. The molecule has 0 radical (unpaired) electrons. The van der Waals surface area contributed by atoms with Crippen molar-refractivity contribution in [2.45, 2.75) is 0 Å². The largest absolute Gasteiger partial charge is 0.256 e. The molecule has 20 heavy (non-hydrogen) atoms. The highest BCUT2D eigenvalue weighted by Gasteiger charge is 2.01. The monoisotopic (exact) mass is 256 g/mol. The number of nitriles is 1. The van der Waals surface area contributed by atoms with Crippen LogP contribution in [0.1, 0.15) is 11.1 Å². The van der Waals surface area contributed by atoms with E-state index < -0.39 is 0 Å². The number of rotatable bonds is 2. The second kappa shape index (κ2) is 5.38. The third-order valence-corrected chi connectivity index (χ3v) is 3.14. The maximum atomic E-state index is 9.32. The minimum Gasteiger partial charge on any atom is -0.256 e. The average Bonchev–Trinajstić information content (AvgIpc) is 2.53. The second-order valence-corrected chi connectivity index (χ2v) is 4.49.